The molecule has 3 aromatic rings. The third kappa shape index (κ3) is 3.76. The number of hydrogen-bond donors (Lipinski definition) is 0. The molecule has 0 saturated carbocycles. The summed E-state index contributed by atoms with van der Waals surface area (Å²) >= 11 is 3.44. The van der Waals surface area contributed by atoms with Gasteiger partial charge >= 0.3 is 0 Å². The highest BCUT2D eigenvalue weighted by Gasteiger charge is 2.23. The second kappa shape index (κ2) is 7.58. The Labute approximate surface area is 175 Å². The van der Waals surface area contributed by atoms with Crippen molar-refractivity contribution >= 4 is 35.0 Å². The molecule has 142 valence electrons. The van der Waals surface area contributed by atoms with Gasteiger partial charge in [-0.15, -0.1) is 0 Å². The predicted molar refractivity (Wildman–Crippen MR) is 115 cm³/mol. The zero-order chi connectivity index (χ0) is 19.8. The highest BCUT2D eigenvalue weighted by molar-refractivity contribution is 8.24. The summed E-state index contributed by atoms with van der Waals surface area (Å²) in [6.45, 7) is 0. The first-order valence-corrected chi connectivity index (χ1v) is 10.6. The molecule has 0 aliphatic carbocycles. The van der Waals surface area contributed by atoms with E-state index in [2.05, 4.69) is 12.1 Å². The fourth-order valence-electron chi connectivity index (χ4n) is 3.09. The van der Waals surface area contributed by atoms with Crippen molar-refractivity contribution in [3.8, 4) is 0 Å². The van der Waals surface area contributed by atoms with E-state index in [1.54, 1.807) is 47.8 Å². The molecule has 1 nitrogen and oxygen atoms in total. The van der Waals surface area contributed by atoms with Gasteiger partial charge in [0.25, 0.3) is 0 Å². The molecule has 5 rings (SSSR count). The van der Waals surface area contributed by atoms with Crippen molar-refractivity contribution in [2.45, 2.75) is 9.79 Å². The van der Waals surface area contributed by atoms with Gasteiger partial charge in [0.2, 0.25) is 0 Å². The zero-order valence-corrected chi connectivity index (χ0v) is 16.7. The summed E-state index contributed by atoms with van der Waals surface area (Å²) in [6, 6.07) is 20.7. The van der Waals surface area contributed by atoms with E-state index in [0.29, 0.717) is 11.5 Å². The Morgan fingerprint density at radius 3 is 1.48 bits per heavy atom. The van der Waals surface area contributed by atoms with E-state index in [4.69, 9.17) is 4.74 Å². The first-order valence-electron chi connectivity index (χ1n) is 8.98. The molecule has 0 saturated heterocycles. The van der Waals surface area contributed by atoms with Gasteiger partial charge in [0.15, 0.2) is 0 Å². The monoisotopic (exact) mass is 420 g/mol. The van der Waals surface area contributed by atoms with Crippen LogP contribution in [0.5, 0.6) is 0 Å². The molecule has 0 radical (unpaired) electrons. The Bertz CT molecular complexity index is 1090. The summed E-state index contributed by atoms with van der Waals surface area (Å²) in [5.41, 5.74) is 2.58. The summed E-state index contributed by atoms with van der Waals surface area (Å²) in [5.74, 6) is 0.670. The maximum atomic E-state index is 13.4. The third-order valence-electron chi connectivity index (χ3n) is 4.54. The van der Waals surface area contributed by atoms with Crippen molar-refractivity contribution in [3.05, 3.63) is 118 Å². The Hall–Kier alpha value is -2.76. The summed E-state index contributed by atoms with van der Waals surface area (Å²) in [4.78, 5) is 2.44. The molecule has 0 fully saturated rings. The normalized spacial score (nSPS) is 15.5. The van der Waals surface area contributed by atoms with Crippen LogP contribution in [-0.2, 0) is 4.74 Å². The molecular weight excluding hydrogens is 406 g/mol. The number of thioether (sulfide) groups is 2. The van der Waals surface area contributed by atoms with Crippen LogP contribution in [0.2, 0.25) is 0 Å². The molecule has 2 heterocycles. The van der Waals surface area contributed by atoms with Gasteiger partial charge in [-0.25, -0.2) is 8.78 Å². The van der Waals surface area contributed by atoms with Crippen LogP contribution in [0.1, 0.15) is 11.1 Å². The molecule has 29 heavy (non-hydrogen) atoms. The minimum absolute atomic E-state index is 0.296. The molecule has 0 amide bonds. The van der Waals surface area contributed by atoms with Crippen molar-refractivity contribution in [3.63, 3.8) is 0 Å². The maximum absolute atomic E-state index is 13.4. The van der Waals surface area contributed by atoms with Gasteiger partial charge in [0, 0.05) is 26.5 Å². The average Bonchev–Trinajstić information content (AvgIpc) is 3.19. The molecule has 0 spiro atoms. The molecule has 0 N–H and O–H groups in total. The summed E-state index contributed by atoms with van der Waals surface area (Å²) in [7, 11) is 0. The van der Waals surface area contributed by atoms with E-state index >= 15 is 0 Å². The molecule has 0 atom stereocenters. The van der Waals surface area contributed by atoms with Crippen LogP contribution in [0, 0.1) is 11.6 Å². The van der Waals surface area contributed by atoms with Crippen LogP contribution >= 0.6 is 23.5 Å². The van der Waals surface area contributed by atoms with Gasteiger partial charge in [-0.1, -0.05) is 35.7 Å². The second-order valence-corrected chi connectivity index (χ2v) is 8.89. The first-order chi connectivity index (χ1) is 14.2. The fourth-order valence-corrected chi connectivity index (χ4v) is 5.55. The van der Waals surface area contributed by atoms with Gasteiger partial charge in [0.1, 0.15) is 23.2 Å². The van der Waals surface area contributed by atoms with Gasteiger partial charge < -0.3 is 4.74 Å². The minimum atomic E-state index is -0.296. The van der Waals surface area contributed by atoms with Crippen LogP contribution in [0.4, 0.5) is 8.78 Å². The lowest BCUT2D eigenvalue weighted by molar-refractivity contribution is 0.466. The SMILES string of the molecule is Fc1ccc(C2=CC(=C3Sc4ccccc4S3)C=C(c3ccc(F)cc3)O2)cc1. The molecule has 3 aromatic carbocycles. The smallest absolute Gasteiger partial charge is 0.135 e. The lowest BCUT2D eigenvalue weighted by Crippen LogP contribution is -2.00. The van der Waals surface area contributed by atoms with E-state index < -0.39 is 0 Å². The van der Waals surface area contributed by atoms with Crippen LogP contribution in [-0.4, -0.2) is 0 Å². The van der Waals surface area contributed by atoms with Gasteiger partial charge in [-0.3, -0.25) is 0 Å². The quantitative estimate of drug-likeness (QED) is 0.425. The van der Waals surface area contributed by atoms with Crippen molar-refractivity contribution < 1.29 is 13.5 Å². The van der Waals surface area contributed by atoms with Crippen LogP contribution in [0.25, 0.3) is 11.5 Å². The summed E-state index contributed by atoms with van der Waals surface area (Å²) in [6.07, 6.45) is 3.95. The van der Waals surface area contributed by atoms with E-state index in [1.165, 1.54) is 34.1 Å². The highest BCUT2D eigenvalue weighted by atomic mass is 32.2. The van der Waals surface area contributed by atoms with Gasteiger partial charge in [-0.05, 0) is 72.8 Å². The van der Waals surface area contributed by atoms with Gasteiger partial charge in [-0.2, -0.15) is 0 Å². The Kier molecular flexibility index (Phi) is 4.78. The molecule has 2 aliphatic heterocycles. The lowest BCUT2D eigenvalue weighted by Gasteiger charge is -2.20. The number of halogens is 2. The lowest BCUT2D eigenvalue weighted by atomic mass is 10.1. The van der Waals surface area contributed by atoms with Crippen molar-refractivity contribution in [2.24, 2.45) is 0 Å². The number of benzene rings is 3. The third-order valence-corrected chi connectivity index (χ3v) is 7.16. The Morgan fingerprint density at radius 2 is 1.03 bits per heavy atom. The van der Waals surface area contributed by atoms with Crippen molar-refractivity contribution in [2.75, 3.05) is 0 Å². The summed E-state index contributed by atoms with van der Waals surface area (Å²) < 4.78 is 34.0. The number of allylic oxidation sites excluding steroid dienone is 3. The minimum Gasteiger partial charge on any atom is -0.456 e. The fraction of sp³-hybridized carbons (Fsp3) is 0. The molecule has 2 aliphatic rings. The topological polar surface area (TPSA) is 9.23 Å². The van der Waals surface area contributed by atoms with E-state index in [0.717, 1.165) is 20.9 Å². The van der Waals surface area contributed by atoms with E-state index in [1.807, 2.05) is 24.3 Å². The van der Waals surface area contributed by atoms with Crippen molar-refractivity contribution in [1.29, 1.82) is 0 Å². The Balaban J connectivity index is 1.60. The first kappa shape index (κ1) is 18.3. The predicted octanol–water partition coefficient (Wildman–Crippen LogP) is 7.49. The van der Waals surface area contributed by atoms with E-state index in [9.17, 15) is 8.78 Å². The molecule has 5 heteroatoms. The van der Waals surface area contributed by atoms with E-state index in [-0.39, 0.29) is 11.6 Å². The zero-order valence-electron chi connectivity index (χ0n) is 15.1. The molecule has 0 bridgehead atoms. The number of ether oxygens (including phenoxy) is 1. The second-order valence-electron chi connectivity index (χ2n) is 6.53. The maximum Gasteiger partial charge on any atom is 0.135 e. The number of fused-ring (bicyclic) bond motifs is 1. The van der Waals surface area contributed by atoms with Crippen LogP contribution < -0.4 is 0 Å². The number of hydrogen-bond acceptors (Lipinski definition) is 3. The average molecular weight is 421 g/mol. The summed E-state index contributed by atoms with van der Waals surface area (Å²) in [5, 5.41) is 0. The van der Waals surface area contributed by atoms with Crippen LogP contribution in [0.15, 0.2) is 105 Å². The van der Waals surface area contributed by atoms with Gasteiger partial charge in [0.05, 0.1) is 4.24 Å². The molecular formula is C24H14F2OS2. The Morgan fingerprint density at radius 1 is 0.586 bits per heavy atom. The largest absolute Gasteiger partial charge is 0.456 e. The number of rotatable bonds is 2. The highest BCUT2D eigenvalue weighted by Crippen LogP contribution is 2.53. The van der Waals surface area contributed by atoms with Crippen molar-refractivity contribution in [1.82, 2.24) is 0 Å². The standard InChI is InChI=1S/C24H14F2OS2/c25-18-9-5-15(6-10-18)20-13-17(24-28-22-3-1-2-4-23(22)29-24)14-21(27-20)16-7-11-19(26)12-8-16/h1-14H. The molecule has 0 aromatic heterocycles. The molecule has 0 unspecified atom stereocenters. The van der Waals surface area contributed by atoms with Crippen LogP contribution in [0.3, 0.4) is 0 Å².